The van der Waals surface area contributed by atoms with E-state index in [4.69, 9.17) is 9.47 Å². The summed E-state index contributed by atoms with van der Waals surface area (Å²) >= 11 is 0. The first-order valence-electron chi connectivity index (χ1n) is 8.77. The van der Waals surface area contributed by atoms with Gasteiger partial charge in [-0.05, 0) is 6.42 Å². The first-order valence-corrected chi connectivity index (χ1v) is 8.77. The van der Waals surface area contributed by atoms with Crippen LogP contribution in [0, 0.1) is 5.92 Å². The van der Waals surface area contributed by atoms with Crippen molar-refractivity contribution < 1.29 is 28.7 Å². The second-order valence-electron chi connectivity index (χ2n) is 5.85. The van der Waals surface area contributed by atoms with Gasteiger partial charge >= 0.3 is 0 Å². The maximum absolute atomic E-state index is 11.9. The van der Waals surface area contributed by atoms with Crippen LogP contribution in [0.4, 0.5) is 0 Å². The summed E-state index contributed by atoms with van der Waals surface area (Å²) in [7, 11) is 0. The van der Waals surface area contributed by atoms with Crippen LogP contribution in [0.2, 0.25) is 0 Å². The topological polar surface area (TPSA) is 102 Å². The summed E-state index contributed by atoms with van der Waals surface area (Å²) < 4.78 is 10.4. The Labute approximate surface area is 148 Å². The second-order valence-corrected chi connectivity index (χ2v) is 5.85. The summed E-state index contributed by atoms with van der Waals surface area (Å²) in [5, 5.41) is 2.67. The van der Waals surface area contributed by atoms with Crippen molar-refractivity contribution in [3.8, 4) is 0 Å². The first-order chi connectivity index (χ1) is 12.0. The second kappa shape index (κ2) is 11.7. The molecule has 0 aromatic carbocycles. The average Bonchev–Trinajstić information content (AvgIpc) is 2.88. The van der Waals surface area contributed by atoms with Crippen molar-refractivity contribution in [2.24, 2.45) is 5.92 Å². The highest BCUT2D eigenvalue weighted by Crippen LogP contribution is 2.22. The van der Waals surface area contributed by atoms with E-state index < -0.39 is 0 Å². The zero-order valence-electron chi connectivity index (χ0n) is 15.0. The molecule has 0 radical (unpaired) electrons. The predicted molar refractivity (Wildman–Crippen MR) is 89.7 cm³/mol. The van der Waals surface area contributed by atoms with E-state index in [1.165, 1.54) is 4.90 Å². The molecule has 1 saturated heterocycles. The van der Waals surface area contributed by atoms with Gasteiger partial charge in [0.2, 0.25) is 17.7 Å². The van der Waals surface area contributed by atoms with Crippen LogP contribution < -0.4 is 5.32 Å². The Morgan fingerprint density at radius 2 is 1.88 bits per heavy atom. The zero-order valence-corrected chi connectivity index (χ0v) is 15.0. The summed E-state index contributed by atoms with van der Waals surface area (Å²) in [6.07, 6.45) is 1.44. The van der Waals surface area contributed by atoms with Gasteiger partial charge in [-0.25, -0.2) is 0 Å². The minimum atomic E-state index is -0.237. The fraction of sp³-hybridized carbons (Fsp3) is 0.765. The Bertz CT molecular complexity index is 480. The Balaban J connectivity index is 2.03. The third-order valence-corrected chi connectivity index (χ3v) is 3.99. The van der Waals surface area contributed by atoms with Gasteiger partial charge in [-0.3, -0.25) is 24.1 Å². The van der Waals surface area contributed by atoms with Crippen LogP contribution in [-0.2, 0) is 28.7 Å². The van der Waals surface area contributed by atoms with Crippen LogP contribution in [0.3, 0.4) is 0 Å². The molecule has 3 amide bonds. The minimum absolute atomic E-state index is 0.0486. The van der Waals surface area contributed by atoms with E-state index in [0.717, 1.165) is 0 Å². The van der Waals surface area contributed by atoms with E-state index in [1.54, 1.807) is 6.92 Å². The largest absolute Gasteiger partial charge is 0.377 e. The van der Waals surface area contributed by atoms with Crippen LogP contribution in [-0.4, -0.2) is 67.9 Å². The van der Waals surface area contributed by atoms with Gasteiger partial charge in [0.15, 0.2) is 5.78 Å². The van der Waals surface area contributed by atoms with Crippen LogP contribution in [0.1, 0.15) is 39.5 Å². The van der Waals surface area contributed by atoms with Gasteiger partial charge in [0, 0.05) is 38.3 Å². The smallest absolute Gasteiger partial charge is 0.232 e. The molecule has 1 heterocycles. The number of hydrogen-bond acceptors (Lipinski definition) is 6. The molecule has 0 bridgehead atoms. The molecular weight excluding hydrogens is 328 g/mol. The first kappa shape index (κ1) is 21.2. The lowest BCUT2D eigenvalue weighted by Crippen LogP contribution is -2.36. The van der Waals surface area contributed by atoms with E-state index >= 15 is 0 Å². The van der Waals surface area contributed by atoms with Crippen molar-refractivity contribution in [2.75, 3.05) is 39.5 Å². The van der Waals surface area contributed by atoms with Crippen LogP contribution >= 0.6 is 0 Å². The number of nitrogens with one attached hydrogen (secondary N) is 1. The van der Waals surface area contributed by atoms with Crippen molar-refractivity contribution in [3.05, 3.63) is 0 Å². The predicted octanol–water partition coefficient (Wildman–Crippen LogP) is 0.290. The molecule has 1 unspecified atom stereocenters. The highest BCUT2D eigenvalue weighted by molar-refractivity contribution is 6.03. The molecule has 25 heavy (non-hydrogen) atoms. The number of carbonyl (C=O) groups excluding carboxylic acids is 4. The number of likely N-dealkylation sites (tertiary alicyclic amines) is 1. The Morgan fingerprint density at radius 3 is 2.52 bits per heavy atom. The van der Waals surface area contributed by atoms with Crippen LogP contribution in [0.5, 0.6) is 0 Å². The number of Topliss-reactive ketones (excluding diaryl/α,β-unsaturated/α-hetero) is 1. The molecule has 1 aliphatic rings. The lowest BCUT2D eigenvalue weighted by Gasteiger charge is -2.14. The molecule has 1 fully saturated rings. The van der Waals surface area contributed by atoms with Crippen LogP contribution in [0.25, 0.3) is 0 Å². The molecule has 0 aliphatic carbocycles. The SMILES string of the molecule is CCC(=O)COCCOCCNC(=O)CCN1C(=O)CC(CC)C1=O. The fourth-order valence-corrected chi connectivity index (χ4v) is 2.38. The van der Waals surface area contributed by atoms with Crippen LogP contribution in [0.15, 0.2) is 0 Å². The maximum Gasteiger partial charge on any atom is 0.232 e. The summed E-state index contributed by atoms with van der Waals surface area (Å²) in [5.41, 5.74) is 0. The average molecular weight is 356 g/mol. The van der Waals surface area contributed by atoms with Crippen molar-refractivity contribution in [2.45, 2.75) is 39.5 Å². The Hall–Kier alpha value is -1.80. The number of amides is 3. The van der Waals surface area contributed by atoms with Gasteiger partial charge in [-0.15, -0.1) is 0 Å². The summed E-state index contributed by atoms with van der Waals surface area (Å²) in [6.45, 7) is 5.23. The van der Waals surface area contributed by atoms with Crippen molar-refractivity contribution in [1.82, 2.24) is 10.2 Å². The summed E-state index contributed by atoms with van der Waals surface area (Å²) in [5.74, 6) is -0.792. The molecule has 1 atom stereocenters. The molecule has 1 aliphatic heterocycles. The fourth-order valence-electron chi connectivity index (χ4n) is 2.38. The minimum Gasteiger partial charge on any atom is -0.377 e. The van der Waals surface area contributed by atoms with Gasteiger partial charge in [-0.2, -0.15) is 0 Å². The molecule has 1 N–H and O–H groups in total. The van der Waals surface area contributed by atoms with Gasteiger partial charge in [-0.1, -0.05) is 13.8 Å². The number of ketones is 1. The molecule has 0 aromatic heterocycles. The lowest BCUT2D eigenvalue weighted by molar-refractivity contribution is -0.139. The molecule has 0 aromatic rings. The van der Waals surface area contributed by atoms with Gasteiger partial charge in [0.05, 0.1) is 19.8 Å². The highest BCUT2D eigenvalue weighted by Gasteiger charge is 2.36. The Kier molecular flexibility index (Phi) is 9.94. The van der Waals surface area contributed by atoms with Crippen molar-refractivity contribution >= 4 is 23.5 Å². The van der Waals surface area contributed by atoms with E-state index in [0.29, 0.717) is 39.2 Å². The van der Waals surface area contributed by atoms with E-state index in [1.807, 2.05) is 6.92 Å². The summed E-state index contributed by atoms with van der Waals surface area (Å²) in [4.78, 5) is 47.6. The third kappa shape index (κ3) is 7.74. The molecule has 1 rings (SSSR count). The molecule has 0 spiro atoms. The van der Waals surface area contributed by atoms with E-state index in [2.05, 4.69) is 5.32 Å². The monoisotopic (exact) mass is 356 g/mol. The van der Waals surface area contributed by atoms with Gasteiger partial charge in [0.1, 0.15) is 6.61 Å². The van der Waals surface area contributed by atoms with E-state index in [9.17, 15) is 19.2 Å². The normalized spacial score (nSPS) is 17.2. The quantitative estimate of drug-likeness (QED) is 0.376. The number of ether oxygens (including phenoxy) is 2. The molecule has 0 saturated carbocycles. The Morgan fingerprint density at radius 1 is 1.16 bits per heavy atom. The number of nitrogens with zero attached hydrogens (tertiary/aromatic N) is 1. The maximum atomic E-state index is 11.9. The standard InChI is InChI=1S/C17H28N2O6/c1-3-13-11-16(22)19(17(13)23)7-5-15(21)18-6-8-24-9-10-25-12-14(20)4-2/h13H,3-12H2,1-2H3,(H,18,21). The molecule has 8 nitrogen and oxygen atoms in total. The molecular formula is C17H28N2O6. The van der Waals surface area contributed by atoms with Crippen molar-refractivity contribution in [1.29, 1.82) is 0 Å². The van der Waals surface area contributed by atoms with Crippen molar-refractivity contribution in [3.63, 3.8) is 0 Å². The van der Waals surface area contributed by atoms with E-state index in [-0.39, 0.29) is 55.4 Å². The molecule has 8 heteroatoms. The zero-order chi connectivity index (χ0) is 18.7. The summed E-state index contributed by atoms with van der Waals surface area (Å²) in [6, 6.07) is 0. The number of hydrogen-bond donors (Lipinski definition) is 1. The third-order valence-electron chi connectivity index (χ3n) is 3.99. The van der Waals surface area contributed by atoms with Gasteiger partial charge in [0.25, 0.3) is 0 Å². The van der Waals surface area contributed by atoms with Gasteiger partial charge < -0.3 is 14.8 Å². The number of rotatable bonds is 13. The number of carbonyl (C=O) groups is 4. The molecule has 142 valence electrons. The lowest BCUT2D eigenvalue weighted by atomic mass is 10.1. The highest BCUT2D eigenvalue weighted by atomic mass is 16.5. The number of imide groups is 1.